The van der Waals surface area contributed by atoms with Gasteiger partial charge in [-0.2, -0.15) is 0 Å². The number of hydrogen-bond donors (Lipinski definition) is 2. The van der Waals surface area contributed by atoms with Crippen LogP contribution in [0.4, 0.5) is 11.4 Å². The van der Waals surface area contributed by atoms with E-state index in [1.54, 1.807) is 73.8 Å². The van der Waals surface area contributed by atoms with Crippen molar-refractivity contribution in [2.75, 3.05) is 11.5 Å². The number of nitrogens with two attached hydrogens (primary N) is 2. The third kappa shape index (κ3) is 13.3. The second-order valence-electron chi connectivity index (χ2n) is 7.42. The molecule has 0 saturated heterocycles. The summed E-state index contributed by atoms with van der Waals surface area (Å²) in [6, 6.07) is 30.2. The van der Waals surface area contributed by atoms with Crippen LogP contribution in [0.25, 0.3) is 22.8 Å². The average molecular weight is 637 g/mol. The van der Waals surface area contributed by atoms with E-state index < -0.39 is 0 Å². The maximum Gasteiger partial charge on any atom is 2.00 e. The van der Waals surface area contributed by atoms with Crippen molar-refractivity contribution in [3.05, 3.63) is 147 Å². The van der Waals surface area contributed by atoms with E-state index in [1.807, 2.05) is 72.8 Å². The number of rotatable bonds is 2. The Morgan fingerprint density at radius 3 is 0.750 bits per heavy atom. The summed E-state index contributed by atoms with van der Waals surface area (Å²) in [7, 11) is 0. The van der Waals surface area contributed by atoms with Gasteiger partial charge < -0.3 is 23.9 Å². The molecule has 0 aromatic carbocycles. The minimum Gasteiger partial charge on any atom is -1.00 e. The summed E-state index contributed by atoms with van der Waals surface area (Å²) < 4.78 is 0. The molecule has 0 fully saturated rings. The summed E-state index contributed by atoms with van der Waals surface area (Å²) in [5.41, 5.74) is 15.8. The van der Waals surface area contributed by atoms with Crippen LogP contribution in [-0.4, -0.2) is 29.9 Å². The van der Waals surface area contributed by atoms with Gasteiger partial charge in [-0.05, 0) is 72.8 Å². The Kier molecular flexibility index (Phi) is 17.0. The molecule has 6 rings (SSSR count). The van der Waals surface area contributed by atoms with Crippen LogP contribution in [0.2, 0.25) is 0 Å². The minimum absolute atomic E-state index is 0. The number of aromatic nitrogens is 6. The van der Waals surface area contributed by atoms with Gasteiger partial charge in [0.15, 0.2) is 0 Å². The van der Waals surface area contributed by atoms with Crippen LogP contribution in [0.5, 0.6) is 0 Å². The summed E-state index contributed by atoms with van der Waals surface area (Å²) in [4.78, 5) is 24.3. The van der Waals surface area contributed by atoms with E-state index in [0.717, 1.165) is 34.2 Å². The van der Waals surface area contributed by atoms with Crippen molar-refractivity contribution in [1.82, 2.24) is 29.9 Å². The van der Waals surface area contributed by atoms with Gasteiger partial charge in [0, 0.05) is 60.9 Å². The van der Waals surface area contributed by atoms with Crippen molar-refractivity contribution in [3.63, 3.8) is 0 Å². The minimum atomic E-state index is 0. The van der Waals surface area contributed by atoms with E-state index in [2.05, 4.69) is 29.9 Å². The molecule has 0 aliphatic rings. The summed E-state index contributed by atoms with van der Waals surface area (Å²) >= 11 is 0. The Labute approximate surface area is 253 Å². The van der Waals surface area contributed by atoms with E-state index in [1.165, 1.54) is 0 Å². The molecule has 6 heterocycles. The van der Waals surface area contributed by atoms with Crippen molar-refractivity contribution in [2.24, 2.45) is 0 Å². The van der Waals surface area contributed by atoms with Crippen LogP contribution < -0.4 is 23.9 Å². The van der Waals surface area contributed by atoms with Crippen LogP contribution in [-0.2, 0) is 19.5 Å². The maximum absolute atomic E-state index is 5.32. The van der Waals surface area contributed by atoms with Gasteiger partial charge in [-0.1, -0.05) is 24.3 Å². The number of nitrogens with zero attached hydrogens (tertiary/aromatic N) is 6. The molecular formula is C30H28ClN8Ru+. The molecule has 40 heavy (non-hydrogen) atoms. The Morgan fingerprint density at radius 2 is 0.600 bits per heavy atom. The number of pyridine rings is 6. The normalized spacial score (nSPS) is 8.80. The Hall–Kier alpha value is -4.59. The fourth-order valence-electron chi connectivity index (χ4n) is 2.78. The molecular weight excluding hydrogens is 609 g/mol. The summed E-state index contributed by atoms with van der Waals surface area (Å²) in [6.45, 7) is 0. The van der Waals surface area contributed by atoms with Crippen molar-refractivity contribution < 1.29 is 31.9 Å². The molecule has 0 aliphatic carbocycles. The van der Waals surface area contributed by atoms with E-state index in [4.69, 9.17) is 11.5 Å². The van der Waals surface area contributed by atoms with Crippen LogP contribution in [0.3, 0.4) is 0 Å². The molecule has 4 N–H and O–H groups in total. The zero-order chi connectivity index (χ0) is 26.7. The molecule has 0 saturated carbocycles. The average Bonchev–Trinajstić information content (AvgIpc) is 3.01. The predicted molar refractivity (Wildman–Crippen MR) is 152 cm³/mol. The van der Waals surface area contributed by atoms with Crippen molar-refractivity contribution in [3.8, 4) is 22.8 Å². The van der Waals surface area contributed by atoms with Gasteiger partial charge in [-0.3, -0.25) is 29.9 Å². The molecule has 0 atom stereocenters. The SMILES string of the molecule is Nc1ccncc1.Nc1ccncc1.[Cl-].[Ru+2].c1ccc(-c2ccccn2)nc1.c1ccc(-c2ccccn2)nc1. The van der Waals surface area contributed by atoms with Gasteiger partial charge in [0.05, 0.1) is 22.8 Å². The first-order chi connectivity index (χ1) is 18.7. The Balaban J connectivity index is 0.000000271. The van der Waals surface area contributed by atoms with E-state index >= 15 is 0 Å². The standard InChI is InChI=1S/2C10H8N2.2C5H6N2.ClH.Ru/c2*1-3-7-11-9(5-1)10-6-2-4-8-12-10;2*6-5-1-3-7-4-2-5;;/h2*1-8H;2*1-4H,(H2,6,7);1H;/q;;;;;+2/p-1. The van der Waals surface area contributed by atoms with Gasteiger partial charge in [0.2, 0.25) is 0 Å². The van der Waals surface area contributed by atoms with Crippen molar-refractivity contribution in [2.45, 2.75) is 0 Å². The summed E-state index contributed by atoms with van der Waals surface area (Å²) in [5, 5.41) is 0. The molecule has 0 unspecified atom stereocenters. The molecule has 0 amide bonds. The zero-order valence-electron chi connectivity index (χ0n) is 21.4. The second-order valence-corrected chi connectivity index (χ2v) is 7.42. The molecule has 6 aromatic rings. The van der Waals surface area contributed by atoms with E-state index in [9.17, 15) is 0 Å². The number of hydrogen-bond acceptors (Lipinski definition) is 8. The first kappa shape index (κ1) is 33.4. The zero-order valence-corrected chi connectivity index (χ0v) is 23.9. The monoisotopic (exact) mass is 637 g/mol. The Bertz CT molecular complexity index is 1220. The van der Waals surface area contributed by atoms with Gasteiger partial charge in [0.1, 0.15) is 0 Å². The number of nitrogen functional groups attached to an aromatic ring is 2. The first-order valence-electron chi connectivity index (χ1n) is 11.7. The molecule has 202 valence electrons. The van der Waals surface area contributed by atoms with Gasteiger partial charge >= 0.3 is 19.5 Å². The molecule has 8 nitrogen and oxygen atoms in total. The van der Waals surface area contributed by atoms with E-state index in [0.29, 0.717) is 0 Å². The van der Waals surface area contributed by atoms with Crippen LogP contribution in [0.1, 0.15) is 0 Å². The molecule has 0 radical (unpaired) electrons. The smallest absolute Gasteiger partial charge is 1.00 e. The van der Waals surface area contributed by atoms with Crippen molar-refractivity contribution >= 4 is 11.4 Å². The largest absolute Gasteiger partial charge is 2.00 e. The van der Waals surface area contributed by atoms with Gasteiger partial charge in [0.25, 0.3) is 0 Å². The Morgan fingerprint density at radius 1 is 0.350 bits per heavy atom. The van der Waals surface area contributed by atoms with Crippen LogP contribution in [0, 0.1) is 0 Å². The molecule has 0 aliphatic heterocycles. The first-order valence-corrected chi connectivity index (χ1v) is 11.7. The quantitative estimate of drug-likeness (QED) is 0.278. The molecule has 6 aromatic heterocycles. The summed E-state index contributed by atoms with van der Waals surface area (Å²) in [6.07, 6.45) is 13.7. The summed E-state index contributed by atoms with van der Waals surface area (Å²) in [5.74, 6) is 0. The molecule has 0 bridgehead atoms. The fraction of sp³-hybridized carbons (Fsp3) is 0. The fourth-order valence-corrected chi connectivity index (χ4v) is 2.78. The van der Waals surface area contributed by atoms with E-state index in [-0.39, 0.29) is 31.9 Å². The second kappa shape index (κ2) is 20.4. The van der Waals surface area contributed by atoms with Crippen molar-refractivity contribution in [1.29, 1.82) is 0 Å². The topological polar surface area (TPSA) is 129 Å². The van der Waals surface area contributed by atoms with Crippen LogP contribution >= 0.6 is 0 Å². The third-order valence-corrected chi connectivity index (χ3v) is 4.60. The maximum atomic E-state index is 5.32. The number of halogens is 1. The van der Waals surface area contributed by atoms with Crippen LogP contribution in [0.15, 0.2) is 147 Å². The molecule has 10 heteroatoms. The van der Waals surface area contributed by atoms with Gasteiger partial charge in [-0.15, -0.1) is 0 Å². The van der Waals surface area contributed by atoms with Gasteiger partial charge in [-0.25, -0.2) is 0 Å². The predicted octanol–water partition coefficient (Wildman–Crippen LogP) is 2.62. The third-order valence-electron chi connectivity index (χ3n) is 4.60. The number of anilines is 2. The molecule has 0 spiro atoms.